The second-order valence-corrected chi connectivity index (χ2v) is 13.8. The van der Waals surface area contributed by atoms with Crippen LogP contribution < -0.4 is 23.8 Å². The number of nitrogens with zero attached hydrogens (tertiary/aromatic N) is 1. The Hall–Kier alpha value is -4.94. The summed E-state index contributed by atoms with van der Waals surface area (Å²) in [6.45, 7) is 6.92. The predicted octanol–water partition coefficient (Wildman–Crippen LogP) is 8.87. The smallest absolute Gasteiger partial charge is 0.178 e. The summed E-state index contributed by atoms with van der Waals surface area (Å²) in [7, 11) is 3.46. The molecule has 0 radical (unpaired) electrons. The van der Waals surface area contributed by atoms with Gasteiger partial charge in [0.1, 0.15) is 29.6 Å². The molecule has 0 saturated carbocycles. The summed E-state index contributed by atoms with van der Waals surface area (Å²) in [6, 6.07) is 29.5. The number of benzene rings is 5. The zero-order valence-electron chi connectivity index (χ0n) is 28.7. The first kappa shape index (κ1) is 31.3. The number of aliphatic hydroxyl groups is 1. The summed E-state index contributed by atoms with van der Waals surface area (Å²) in [5, 5.41) is 11.5. The van der Waals surface area contributed by atoms with Crippen molar-refractivity contribution < 1.29 is 24.1 Å². The van der Waals surface area contributed by atoms with E-state index in [4.69, 9.17) is 18.9 Å². The van der Waals surface area contributed by atoms with Crippen LogP contribution in [0.4, 0.5) is 5.69 Å². The lowest BCUT2D eigenvalue weighted by Crippen LogP contribution is -2.35. The van der Waals surface area contributed by atoms with Gasteiger partial charge in [-0.25, -0.2) is 0 Å². The summed E-state index contributed by atoms with van der Waals surface area (Å²) < 4.78 is 25.0. The molecule has 0 amide bonds. The van der Waals surface area contributed by atoms with Crippen molar-refractivity contribution in [2.45, 2.75) is 44.1 Å². The van der Waals surface area contributed by atoms with Crippen molar-refractivity contribution in [3.05, 3.63) is 119 Å². The number of aliphatic hydroxyl groups excluding tert-OH is 1. The van der Waals surface area contributed by atoms with Crippen LogP contribution in [0.2, 0.25) is 0 Å². The Morgan fingerprint density at radius 1 is 0.796 bits per heavy atom. The fourth-order valence-electron chi connectivity index (χ4n) is 8.29. The summed E-state index contributed by atoms with van der Waals surface area (Å²) in [4.78, 5) is 2.49. The maximum atomic E-state index is 9.31. The Labute approximate surface area is 288 Å². The van der Waals surface area contributed by atoms with Crippen LogP contribution in [0.1, 0.15) is 60.9 Å². The molecule has 2 heterocycles. The first-order valence-electron chi connectivity index (χ1n) is 17.3. The highest BCUT2D eigenvalue weighted by molar-refractivity contribution is 6.10. The molecule has 6 heteroatoms. The van der Waals surface area contributed by atoms with E-state index in [1.54, 1.807) is 14.2 Å². The number of ether oxygens (including phenoxy) is 4. The summed E-state index contributed by atoms with van der Waals surface area (Å²) in [6.07, 6.45) is 8.10. The van der Waals surface area contributed by atoms with Crippen molar-refractivity contribution in [3.63, 3.8) is 0 Å². The molecule has 1 N–H and O–H groups in total. The van der Waals surface area contributed by atoms with Gasteiger partial charge in [0.25, 0.3) is 0 Å². The van der Waals surface area contributed by atoms with E-state index in [2.05, 4.69) is 91.6 Å². The van der Waals surface area contributed by atoms with Crippen molar-refractivity contribution in [2.75, 3.05) is 45.4 Å². The van der Waals surface area contributed by atoms with Gasteiger partial charge in [0.2, 0.25) is 0 Å². The molecule has 8 rings (SSSR count). The molecule has 250 valence electrons. The summed E-state index contributed by atoms with van der Waals surface area (Å²) in [5.74, 6) is 3.18. The molecule has 5 aromatic carbocycles. The largest absolute Gasteiger partial charge is 0.497 e. The van der Waals surface area contributed by atoms with Crippen molar-refractivity contribution in [2.24, 2.45) is 0 Å². The topological polar surface area (TPSA) is 60.4 Å². The first-order chi connectivity index (χ1) is 23.9. The van der Waals surface area contributed by atoms with Crippen LogP contribution in [0.3, 0.4) is 0 Å². The van der Waals surface area contributed by atoms with Crippen molar-refractivity contribution >= 4 is 22.5 Å². The second kappa shape index (κ2) is 12.2. The molecule has 1 fully saturated rings. The highest BCUT2D eigenvalue weighted by Gasteiger charge is 2.44. The quantitative estimate of drug-likeness (QED) is 0.181. The van der Waals surface area contributed by atoms with Gasteiger partial charge in [0, 0.05) is 40.6 Å². The van der Waals surface area contributed by atoms with Crippen LogP contribution in [0, 0.1) is 0 Å². The van der Waals surface area contributed by atoms with E-state index in [9.17, 15) is 5.11 Å². The third-order valence-corrected chi connectivity index (χ3v) is 10.7. The molecular formula is C43H43NO5. The lowest BCUT2D eigenvalue weighted by molar-refractivity contribution is 0.163. The van der Waals surface area contributed by atoms with E-state index < -0.39 is 5.60 Å². The molecule has 0 bridgehead atoms. The lowest BCUT2D eigenvalue weighted by atomic mass is 9.76. The number of hydrogen-bond acceptors (Lipinski definition) is 6. The minimum absolute atomic E-state index is 0.0410. The van der Waals surface area contributed by atoms with Gasteiger partial charge in [0.15, 0.2) is 5.60 Å². The fraction of sp³-hybridized carbons (Fsp3) is 0.302. The molecule has 0 aromatic heterocycles. The van der Waals surface area contributed by atoms with Gasteiger partial charge in [-0.2, -0.15) is 0 Å². The van der Waals surface area contributed by atoms with Gasteiger partial charge < -0.3 is 29.0 Å². The molecular weight excluding hydrogens is 610 g/mol. The number of piperidine rings is 1. The number of methoxy groups -OCH3 is 2. The molecule has 2 aliphatic heterocycles. The van der Waals surface area contributed by atoms with Gasteiger partial charge in [-0.1, -0.05) is 68.5 Å². The number of rotatable bonds is 8. The average Bonchev–Trinajstić information content (AvgIpc) is 3.40. The Balaban J connectivity index is 1.40. The van der Waals surface area contributed by atoms with Crippen molar-refractivity contribution in [3.8, 4) is 34.1 Å². The van der Waals surface area contributed by atoms with Gasteiger partial charge >= 0.3 is 0 Å². The summed E-state index contributed by atoms with van der Waals surface area (Å²) >= 11 is 0. The normalized spacial score (nSPS) is 18.8. The van der Waals surface area contributed by atoms with Crippen LogP contribution in [0.25, 0.3) is 28.0 Å². The van der Waals surface area contributed by atoms with E-state index in [-0.39, 0.29) is 18.6 Å². The minimum Gasteiger partial charge on any atom is -0.497 e. The van der Waals surface area contributed by atoms with E-state index in [0.717, 1.165) is 58.1 Å². The molecule has 49 heavy (non-hydrogen) atoms. The molecule has 1 atom stereocenters. The monoisotopic (exact) mass is 653 g/mol. The maximum Gasteiger partial charge on any atom is 0.178 e. The van der Waals surface area contributed by atoms with E-state index >= 15 is 0 Å². The van der Waals surface area contributed by atoms with Crippen LogP contribution >= 0.6 is 0 Å². The van der Waals surface area contributed by atoms with Crippen LogP contribution in [0.5, 0.6) is 23.0 Å². The molecule has 6 nitrogen and oxygen atoms in total. The van der Waals surface area contributed by atoms with Crippen molar-refractivity contribution in [1.82, 2.24) is 0 Å². The Bertz CT molecular complexity index is 2060. The Kier molecular flexibility index (Phi) is 7.79. The van der Waals surface area contributed by atoms with Crippen molar-refractivity contribution in [1.29, 1.82) is 0 Å². The molecule has 1 saturated heterocycles. The predicted molar refractivity (Wildman–Crippen MR) is 197 cm³/mol. The fourth-order valence-corrected chi connectivity index (χ4v) is 8.29. The van der Waals surface area contributed by atoms with Gasteiger partial charge in [-0.15, -0.1) is 0 Å². The standard InChI is InChI=1S/C43H43NO5/c1-42(2)36-11-7-6-10-32(36)39-34-26-37(44-22-8-5-9-23-44)38(47-4)27-35(34)41-33(40(39)42)20-21-43(49-41,28-12-16-30(46-3)17-13-28)29-14-18-31(19-15-29)48-25-24-45/h6-7,10-21,26-27,45H,5,8-9,22-25H2,1-4H3. The first-order valence-corrected chi connectivity index (χ1v) is 17.3. The average molecular weight is 654 g/mol. The van der Waals surface area contributed by atoms with E-state index in [1.165, 1.54) is 46.9 Å². The molecule has 1 aliphatic carbocycles. The van der Waals surface area contributed by atoms with E-state index in [0.29, 0.717) is 5.75 Å². The van der Waals surface area contributed by atoms with Gasteiger partial charge in [-0.3, -0.25) is 0 Å². The zero-order valence-corrected chi connectivity index (χ0v) is 28.7. The van der Waals surface area contributed by atoms with Crippen LogP contribution in [0.15, 0.2) is 91.0 Å². The number of fused-ring (bicyclic) bond motifs is 8. The molecule has 1 unspecified atom stereocenters. The number of hydrogen-bond donors (Lipinski definition) is 1. The van der Waals surface area contributed by atoms with Crippen LogP contribution in [-0.2, 0) is 11.0 Å². The lowest BCUT2D eigenvalue weighted by Gasteiger charge is -2.39. The minimum atomic E-state index is -0.940. The molecule has 0 spiro atoms. The van der Waals surface area contributed by atoms with E-state index in [1.807, 2.05) is 24.3 Å². The number of anilines is 1. The third kappa shape index (κ3) is 4.95. The Morgan fingerprint density at radius 3 is 2.16 bits per heavy atom. The molecule has 3 aliphatic rings. The van der Waals surface area contributed by atoms with Crippen LogP contribution in [-0.4, -0.2) is 45.6 Å². The molecule has 5 aromatic rings. The van der Waals surface area contributed by atoms with Gasteiger partial charge in [-0.05, 0) is 89.4 Å². The Morgan fingerprint density at radius 2 is 1.49 bits per heavy atom. The second-order valence-electron chi connectivity index (χ2n) is 13.8. The SMILES string of the molecule is COc1ccc(C2(c3ccc(OCCO)cc3)C=Cc3c4c(c5cc(N6CCCCC6)c(OC)cc5c3O2)-c2ccccc2C4(C)C)cc1. The zero-order chi connectivity index (χ0) is 33.8. The third-order valence-electron chi connectivity index (χ3n) is 10.7. The highest BCUT2D eigenvalue weighted by atomic mass is 16.5. The summed E-state index contributed by atoms with van der Waals surface area (Å²) in [5.41, 5.74) is 8.19. The maximum absolute atomic E-state index is 9.31. The highest BCUT2D eigenvalue weighted by Crippen LogP contribution is 2.59. The van der Waals surface area contributed by atoms with Gasteiger partial charge in [0.05, 0.1) is 26.5 Å².